The van der Waals surface area contributed by atoms with E-state index < -0.39 is 17.5 Å². The van der Waals surface area contributed by atoms with Crippen LogP contribution in [0.1, 0.15) is 75.7 Å². The molecule has 0 aromatic heterocycles. The van der Waals surface area contributed by atoms with Gasteiger partial charge in [-0.2, -0.15) is 0 Å². The molecule has 0 N–H and O–H groups in total. The van der Waals surface area contributed by atoms with Crippen LogP contribution in [0, 0.1) is 29.3 Å². The average molecular weight is 387 g/mol. The Hall–Kier alpha value is -1.77. The summed E-state index contributed by atoms with van der Waals surface area (Å²) in [5, 5.41) is 0. The van der Waals surface area contributed by atoms with Gasteiger partial charge in [0.25, 0.3) is 0 Å². The van der Waals surface area contributed by atoms with Crippen molar-refractivity contribution in [3.63, 3.8) is 0 Å². The average Bonchev–Trinajstić information content (AvgIpc) is 3.21. The lowest BCUT2D eigenvalue weighted by Gasteiger charge is -2.29. The topological polar surface area (TPSA) is 0 Å². The predicted octanol–water partition coefficient (Wildman–Crippen LogP) is 8.02. The highest BCUT2D eigenvalue weighted by Gasteiger charge is 2.25. The Morgan fingerprint density at radius 3 is 1.79 bits per heavy atom. The Balaban J connectivity index is 1.39. The zero-order valence-corrected chi connectivity index (χ0v) is 16.4. The van der Waals surface area contributed by atoms with Crippen LogP contribution in [0.5, 0.6) is 0 Å². The summed E-state index contributed by atoms with van der Waals surface area (Å²) in [5.41, 5.74) is 1.09. The van der Waals surface area contributed by atoms with Crippen molar-refractivity contribution in [2.24, 2.45) is 11.8 Å². The van der Waals surface area contributed by atoms with Gasteiger partial charge in [0.15, 0.2) is 0 Å². The van der Waals surface area contributed by atoms with Gasteiger partial charge in [-0.1, -0.05) is 50.7 Å². The molecular formula is C25H29F3. The van der Waals surface area contributed by atoms with Crippen molar-refractivity contribution in [1.82, 2.24) is 0 Å². The molecule has 0 nitrogen and oxygen atoms in total. The summed E-state index contributed by atoms with van der Waals surface area (Å²) < 4.78 is 42.5. The van der Waals surface area contributed by atoms with Gasteiger partial charge in [-0.05, 0) is 78.8 Å². The minimum absolute atomic E-state index is 0.0611. The van der Waals surface area contributed by atoms with Gasteiger partial charge in [0, 0.05) is 0 Å². The van der Waals surface area contributed by atoms with Crippen molar-refractivity contribution < 1.29 is 13.2 Å². The highest BCUT2D eigenvalue weighted by molar-refractivity contribution is 5.65. The second kappa shape index (κ2) is 8.71. The van der Waals surface area contributed by atoms with Crippen molar-refractivity contribution in [2.75, 3.05) is 0 Å². The summed E-state index contributed by atoms with van der Waals surface area (Å²) in [6, 6.07) is 8.29. The van der Waals surface area contributed by atoms with E-state index in [0.29, 0.717) is 5.56 Å². The molecule has 2 aromatic carbocycles. The summed E-state index contributed by atoms with van der Waals surface area (Å²) in [6.45, 7) is 0. The Morgan fingerprint density at radius 2 is 1.21 bits per heavy atom. The Kier molecular flexibility index (Phi) is 6.08. The Labute approximate surface area is 166 Å². The quantitative estimate of drug-likeness (QED) is 0.488. The molecule has 2 fully saturated rings. The summed E-state index contributed by atoms with van der Waals surface area (Å²) in [7, 11) is 0. The SMILES string of the molecule is Fc1ccc(-c2c(F)cc(C3CCC(CCC4CCCC4)CC3)cc2F)cc1. The van der Waals surface area contributed by atoms with Crippen LogP contribution in [0.15, 0.2) is 36.4 Å². The van der Waals surface area contributed by atoms with Gasteiger partial charge in [0.1, 0.15) is 17.5 Å². The van der Waals surface area contributed by atoms with E-state index in [1.807, 2.05) is 0 Å². The second-order valence-electron chi connectivity index (χ2n) is 8.81. The van der Waals surface area contributed by atoms with Crippen LogP contribution in [0.2, 0.25) is 0 Å². The molecule has 2 aliphatic carbocycles. The van der Waals surface area contributed by atoms with Gasteiger partial charge in [0.2, 0.25) is 0 Å². The van der Waals surface area contributed by atoms with Crippen molar-refractivity contribution in [1.29, 1.82) is 0 Å². The molecule has 4 rings (SSSR count). The zero-order valence-electron chi connectivity index (χ0n) is 16.4. The van der Waals surface area contributed by atoms with Gasteiger partial charge in [-0.15, -0.1) is 0 Å². The molecule has 0 aliphatic heterocycles. The van der Waals surface area contributed by atoms with Crippen molar-refractivity contribution in [2.45, 2.75) is 70.1 Å². The van der Waals surface area contributed by atoms with E-state index in [1.165, 1.54) is 87.8 Å². The van der Waals surface area contributed by atoms with Gasteiger partial charge >= 0.3 is 0 Å². The summed E-state index contributed by atoms with van der Waals surface area (Å²) in [4.78, 5) is 0. The van der Waals surface area contributed by atoms with Gasteiger partial charge in [-0.25, -0.2) is 13.2 Å². The molecule has 0 saturated heterocycles. The molecule has 3 heteroatoms. The molecule has 2 aliphatic rings. The number of hydrogen-bond donors (Lipinski definition) is 0. The summed E-state index contributed by atoms with van der Waals surface area (Å²) >= 11 is 0. The van der Waals surface area contributed by atoms with Crippen LogP contribution < -0.4 is 0 Å². The molecule has 0 bridgehead atoms. The molecule has 2 aromatic rings. The first-order valence-corrected chi connectivity index (χ1v) is 10.8. The van der Waals surface area contributed by atoms with Crippen molar-refractivity contribution in [3.8, 4) is 11.1 Å². The van der Waals surface area contributed by atoms with Crippen LogP contribution in [0.3, 0.4) is 0 Å². The zero-order chi connectivity index (χ0) is 19.5. The lowest BCUT2D eigenvalue weighted by atomic mass is 9.76. The lowest BCUT2D eigenvalue weighted by Crippen LogP contribution is -2.14. The highest BCUT2D eigenvalue weighted by Crippen LogP contribution is 2.40. The molecular weight excluding hydrogens is 357 g/mol. The normalized spacial score (nSPS) is 23.2. The molecule has 0 radical (unpaired) electrons. The second-order valence-corrected chi connectivity index (χ2v) is 8.81. The van der Waals surface area contributed by atoms with E-state index in [9.17, 15) is 13.2 Å². The van der Waals surface area contributed by atoms with Crippen molar-refractivity contribution >= 4 is 0 Å². The summed E-state index contributed by atoms with van der Waals surface area (Å²) in [5.74, 6) is 0.458. The molecule has 0 unspecified atom stereocenters. The third-order valence-electron chi connectivity index (χ3n) is 6.97. The van der Waals surface area contributed by atoms with Crippen molar-refractivity contribution in [3.05, 3.63) is 59.4 Å². The smallest absolute Gasteiger partial charge is 0.134 e. The molecule has 0 amide bonds. The van der Waals surface area contributed by atoms with Gasteiger partial charge in [-0.3, -0.25) is 0 Å². The van der Waals surface area contributed by atoms with Crippen LogP contribution in [0.25, 0.3) is 11.1 Å². The Bertz CT molecular complexity index is 759. The fourth-order valence-electron chi connectivity index (χ4n) is 5.28. The first kappa shape index (κ1) is 19.5. The lowest BCUT2D eigenvalue weighted by molar-refractivity contribution is 0.286. The number of benzene rings is 2. The molecule has 2 saturated carbocycles. The van der Waals surface area contributed by atoms with Crippen LogP contribution in [-0.2, 0) is 0 Å². The van der Waals surface area contributed by atoms with E-state index in [-0.39, 0.29) is 11.5 Å². The standard InChI is InChI=1S/C25H29F3/c26-22-13-11-20(12-14-22)25-23(27)15-21(16-24(25)28)19-9-7-18(8-10-19)6-5-17-3-1-2-4-17/h11-19H,1-10H2. The maximum absolute atomic E-state index is 14.7. The molecule has 0 heterocycles. The maximum atomic E-state index is 14.7. The fourth-order valence-corrected chi connectivity index (χ4v) is 5.28. The van der Waals surface area contributed by atoms with E-state index in [1.54, 1.807) is 0 Å². The van der Waals surface area contributed by atoms with Gasteiger partial charge in [0.05, 0.1) is 5.56 Å². The van der Waals surface area contributed by atoms with E-state index in [0.717, 1.165) is 30.2 Å². The van der Waals surface area contributed by atoms with E-state index in [2.05, 4.69) is 0 Å². The third kappa shape index (κ3) is 4.45. The molecule has 28 heavy (non-hydrogen) atoms. The first-order chi connectivity index (χ1) is 13.6. The van der Waals surface area contributed by atoms with Crippen LogP contribution >= 0.6 is 0 Å². The fraction of sp³-hybridized carbons (Fsp3) is 0.520. The minimum atomic E-state index is -0.551. The van der Waals surface area contributed by atoms with Crippen LogP contribution in [-0.4, -0.2) is 0 Å². The van der Waals surface area contributed by atoms with E-state index in [4.69, 9.17) is 0 Å². The third-order valence-corrected chi connectivity index (χ3v) is 6.97. The monoisotopic (exact) mass is 386 g/mol. The Morgan fingerprint density at radius 1 is 0.679 bits per heavy atom. The predicted molar refractivity (Wildman–Crippen MR) is 108 cm³/mol. The minimum Gasteiger partial charge on any atom is -0.207 e. The van der Waals surface area contributed by atoms with E-state index >= 15 is 0 Å². The largest absolute Gasteiger partial charge is 0.207 e. The van der Waals surface area contributed by atoms with Crippen LogP contribution in [0.4, 0.5) is 13.2 Å². The first-order valence-electron chi connectivity index (χ1n) is 10.8. The highest BCUT2D eigenvalue weighted by atomic mass is 19.1. The number of halogens is 3. The van der Waals surface area contributed by atoms with Gasteiger partial charge < -0.3 is 0 Å². The molecule has 0 spiro atoms. The number of rotatable bonds is 5. The summed E-state index contributed by atoms with van der Waals surface area (Å²) in [6.07, 6.45) is 12.7. The number of hydrogen-bond acceptors (Lipinski definition) is 0. The maximum Gasteiger partial charge on any atom is 0.134 e. The molecule has 0 atom stereocenters. The molecule has 150 valence electrons.